The molecule has 2 aromatic rings. The summed E-state index contributed by atoms with van der Waals surface area (Å²) in [5.74, 6) is -0.422. The Morgan fingerprint density at radius 3 is 2.61 bits per heavy atom. The van der Waals surface area contributed by atoms with Gasteiger partial charge in [-0.25, -0.2) is 0 Å². The average molecular weight is 412 g/mol. The molecule has 1 aliphatic rings. The maximum atomic E-state index is 12.5. The van der Waals surface area contributed by atoms with Gasteiger partial charge in [0.1, 0.15) is 0 Å². The summed E-state index contributed by atoms with van der Waals surface area (Å²) >= 11 is 0.254. The van der Waals surface area contributed by atoms with Gasteiger partial charge in [0, 0.05) is 31.8 Å². The number of likely N-dealkylation sites (tertiary alicyclic amines) is 1. The van der Waals surface area contributed by atoms with Gasteiger partial charge < -0.3 is 10.2 Å². The van der Waals surface area contributed by atoms with Crippen molar-refractivity contribution in [3.63, 3.8) is 0 Å². The van der Waals surface area contributed by atoms with Crippen LogP contribution in [-0.4, -0.2) is 40.0 Å². The van der Waals surface area contributed by atoms with Gasteiger partial charge in [-0.2, -0.15) is 13.2 Å². The maximum absolute atomic E-state index is 12.5. The molecule has 0 spiro atoms. The van der Waals surface area contributed by atoms with Crippen molar-refractivity contribution in [2.45, 2.75) is 37.8 Å². The van der Waals surface area contributed by atoms with Crippen molar-refractivity contribution in [1.29, 1.82) is 0 Å². The van der Waals surface area contributed by atoms with Crippen LogP contribution in [0.3, 0.4) is 0 Å². The van der Waals surface area contributed by atoms with E-state index in [4.69, 9.17) is 0 Å². The molecule has 1 atom stereocenters. The van der Waals surface area contributed by atoms with Gasteiger partial charge in [-0.15, -0.1) is 10.2 Å². The molecule has 1 saturated heterocycles. The highest BCUT2D eigenvalue weighted by molar-refractivity contribution is 7.15. The Bertz CT molecular complexity index is 826. The second-order valence-electron chi connectivity index (χ2n) is 6.55. The van der Waals surface area contributed by atoms with Gasteiger partial charge in [0.05, 0.1) is 0 Å². The monoisotopic (exact) mass is 412 g/mol. The van der Waals surface area contributed by atoms with Gasteiger partial charge in [-0.05, 0) is 18.4 Å². The third kappa shape index (κ3) is 5.28. The van der Waals surface area contributed by atoms with Crippen molar-refractivity contribution in [2.75, 3.05) is 18.4 Å². The number of benzene rings is 1. The van der Waals surface area contributed by atoms with Crippen molar-refractivity contribution in [3.05, 3.63) is 40.9 Å². The van der Waals surface area contributed by atoms with E-state index < -0.39 is 17.1 Å². The number of anilines is 1. The summed E-state index contributed by atoms with van der Waals surface area (Å²) in [6.07, 6.45) is -2.82. The molecule has 150 valence electrons. The number of nitrogens with zero attached hydrogens (tertiary/aromatic N) is 3. The van der Waals surface area contributed by atoms with Gasteiger partial charge in [-0.3, -0.25) is 9.59 Å². The second kappa shape index (κ2) is 8.68. The van der Waals surface area contributed by atoms with Crippen LogP contribution in [-0.2, 0) is 15.8 Å². The molecule has 1 N–H and O–H groups in total. The van der Waals surface area contributed by atoms with Crippen LogP contribution in [0.5, 0.6) is 0 Å². The molecule has 1 aliphatic heterocycles. The van der Waals surface area contributed by atoms with E-state index in [0.29, 0.717) is 13.1 Å². The Balaban J connectivity index is 1.48. The number of carbonyl (C=O) groups is 2. The highest BCUT2D eigenvalue weighted by atomic mass is 32.1. The molecule has 2 heterocycles. The van der Waals surface area contributed by atoms with Crippen LogP contribution in [0.25, 0.3) is 0 Å². The molecule has 0 saturated carbocycles. The number of amides is 2. The molecular weight excluding hydrogens is 393 g/mol. The molecular formula is C18H19F3N4O2S. The highest BCUT2D eigenvalue weighted by Crippen LogP contribution is 2.33. The van der Waals surface area contributed by atoms with Gasteiger partial charge in [0.2, 0.25) is 22.0 Å². The molecule has 6 nitrogen and oxygen atoms in total. The number of piperidine rings is 1. The average Bonchev–Trinajstić information content (AvgIpc) is 3.16. The van der Waals surface area contributed by atoms with E-state index in [1.165, 1.54) is 5.56 Å². The van der Waals surface area contributed by atoms with Crippen molar-refractivity contribution in [2.24, 2.45) is 0 Å². The zero-order valence-electron chi connectivity index (χ0n) is 14.9. The van der Waals surface area contributed by atoms with Crippen molar-refractivity contribution >= 4 is 28.3 Å². The van der Waals surface area contributed by atoms with E-state index in [0.717, 1.165) is 12.8 Å². The predicted octanol–water partition coefficient (Wildman–Crippen LogP) is 3.68. The Morgan fingerprint density at radius 1 is 1.18 bits per heavy atom. The lowest BCUT2D eigenvalue weighted by Gasteiger charge is -2.33. The van der Waals surface area contributed by atoms with Crippen LogP contribution in [0, 0.1) is 0 Å². The molecule has 3 rings (SSSR count). The van der Waals surface area contributed by atoms with Crippen molar-refractivity contribution < 1.29 is 22.8 Å². The van der Waals surface area contributed by atoms with Gasteiger partial charge in [-0.1, -0.05) is 41.7 Å². The Kier molecular flexibility index (Phi) is 6.28. The smallest absolute Gasteiger partial charge is 0.342 e. The van der Waals surface area contributed by atoms with Crippen molar-refractivity contribution in [1.82, 2.24) is 15.1 Å². The number of nitrogens with one attached hydrogen (secondary N) is 1. The number of hydrogen-bond acceptors (Lipinski definition) is 5. The lowest BCUT2D eigenvalue weighted by molar-refractivity contribution is -0.138. The van der Waals surface area contributed by atoms with E-state index in [1.807, 2.05) is 30.3 Å². The first-order chi connectivity index (χ1) is 13.3. The summed E-state index contributed by atoms with van der Waals surface area (Å²) in [7, 11) is 0. The molecule has 1 fully saturated rings. The number of aromatic nitrogens is 2. The molecule has 1 aromatic heterocycles. The van der Waals surface area contributed by atoms with E-state index in [-0.39, 0.29) is 41.1 Å². The number of carbonyl (C=O) groups excluding carboxylic acids is 2. The summed E-state index contributed by atoms with van der Waals surface area (Å²) in [6.45, 7) is 1.25. The summed E-state index contributed by atoms with van der Waals surface area (Å²) in [4.78, 5) is 26.1. The van der Waals surface area contributed by atoms with Crippen LogP contribution in [0.1, 0.15) is 42.2 Å². The fraction of sp³-hybridized carbons (Fsp3) is 0.444. The van der Waals surface area contributed by atoms with Gasteiger partial charge in [0.25, 0.3) is 0 Å². The first kappa shape index (κ1) is 20.2. The lowest BCUT2D eigenvalue weighted by atomic mass is 9.90. The van der Waals surface area contributed by atoms with Gasteiger partial charge >= 0.3 is 6.18 Å². The van der Waals surface area contributed by atoms with Crippen LogP contribution < -0.4 is 5.32 Å². The number of halogens is 3. The number of hydrogen-bond donors (Lipinski definition) is 1. The van der Waals surface area contributed by atoms with Crippen LogP contribution in [0.15, 0.2) is 30.3 Å². The molecule has 1 aromatic carbocycles. The minimum atomic E-state index is -4.60. The summed E-state index contributed by atoms with van der Waals surface area (Å²) in [5.41, 5.74) is 1.19. The molecule has 10 heteroatoms. The first-order valence-corrected chi connectivity index (χ1v) is 9.68. The zero-order chi connectivity index (χ0) is 20.1. The molecule has 0 radical (unpaired) electrons. The molecule has 0 aliphatic carbocycles. The fourth-order valence-electron chi connectivity index (χ4n) is 3.15. The van der Waals surface area contributed by atoms with Crippen LogP contribution in [0.4, 0.5) is 18.3 Å². The standard InChI is InChI=1S/C18H19F3N4O2S/c19-18(20,21)16-23-24-17(28-16)22-14(26)8-9-15(27)25-10-4-7-13(11-25)12-5-2-1-3-6-12/h1-3,5-6,13H,4,7-11H2,(H,22,24,26)/t13-/m0/s1. The number of alkyl halides is 3. The molecule has 2 amide bonds. The third-order valence-corrected chi connectivity index (χ3v) is 5.41. The Hall–Kier alpha value is -2.49. The number of rotatable bonds is 5. The molecule has 0 bridgehead atoms. The summed E-state index contributed by atoms with van der Waals surface area (Å²) in [5, 5.41) is 7.21. The first-order valence-electron chi connectivity index (χ1n) is 8.86. The maximum Gasteiger partial charge on any atom is 0.445 e. The van der Waals surface area contributed by atoms with Crippen LogP contribution >= 0.6 is 11.3 Å². The highest BCUT2D eigenvalue weighted by Gasteiger charge is 2.35. The minimum absolute atomic E-state index is 0.00171. The molecule has 28 heavy (non-hydrogen) atoms. The zero-order valence-corrected chi connectivity index (χ0v) is 15.7. The SMILES string of the molecule is O=C(CCC(=O)N1CCC[C@H](c2ccccc2)C1)Nc1nnc(C(F)(F)F)s1. The quantitative estimate of drug-likeness (QED) is 0.813. The van der Waals surface area contributed by atoms with E-state index in [9.17, 15) is 22.8 Å². The summed E-state index contributed by atoms with van der Waals surface area (Å²) < 4.78 is 37.5. The van der Waals surface area contributed by atoms with E-state index in [2.05, 4.69) is 15.5 Å². The van der Waals surface area contributed by atoms with Crippen LogP contribution in [0.2, 0.25) is 0 Å². The predicted molar refractivity (Wildman–Crippen MR) is 97.8 cm³/mol. The normalized spacial score (nSPS) is 17.4. The largest absolute Gasteiger partial charge is 0.445 e. The fourth-order valence-corrected chi connectivity index (χ4v) is 3.78. The summed E-state index contributed by atoms with van der Waals surface area (Å²) in [6, 6.07) is 9.98. The Morgan fingerprint density at radius 2 is 1.93 bits per heavy atom. The Labute approximate surface area is 163 Å². The topological polar surface area (TPSA) is 75.2 Å². The van der Waals surface area contributed by atoms with E-state index in [1.54, 1.807) is 4.90 Å². The van der Waals surface area contributed by atoms with Crippen molar-refractivity contribution in [3.8, 4) is 0 Å². The second-order valence-corrected chi connectivity index (χ2v) is 7.53. The van der Waals surface area contributed by atoms with Gasteiger partial charge in [0.15, 0.2) is 0 Å². The minimum Gasteiger partial charge on any atom is -0.342 e. The van der Waals surface area contributed by atoms with E-state index >= 15 is 0 Å². The lowest BCUT2D eigenvalue weighted by Crippen LogP contribution is -2.39. The third-order valence-electron chi connectivity index (χ3n) is 4.52. The molecule has 0 unspecified atom stereocenters.